The van der Waals surface area contributed by atoms with Crippen LogP contribution in [0, 0.1) is 0 Å². The van der Waals surface area contributed by atoms with Crippen molar-refractivity contribution < 1.29 is 0 Å². The van der Waals surface area contributed by atoms with Crippen molar-refractivity contribution in [2.45, 2.75) is 39.5 Å². The first-order valence-corrected chi connectivity index (χ1v) is 5.84. The molecule has 0 atom stereocenters. The van der Waals surface area contributed by atoms with Crippen LogP contribution in [0.2, 0.25) is 0 Å². The zero-order valence-electron chi connectivity index (χ0n) is 11.1. The first kappa shape index (κ1) is 16.4. The zero-order valence-corrected chi connectivity index (χ0v) is 11.1. The molecule has 0 saturated heterocycles. The fraction of sp³-hybridized carbons (Fsp3) is 1.00. The minimum Gasteiger partial charge on any atom is -0.309 e. The summed E-state index contributed by atoms with van der Waals surface area (Å²) in [4.78, 5) is 4.42. The highest BCUT2D eigenvalue weighted by atomic mass is 15.0. The molecule has 14 heavy (non-hydrogen) atoms. The quantitative estimate of drug-likeness (QED) is 0.653. The molecule has 0 amide bonds. The molecule has 0 aliphatic heterocycles. The van der Waals surface area contributed by atoms with E-state index in [1.807, 2.05) is 0 Å². The Hall–Kier alpha value is -0.0800. The summed E-state index contributed by atoms with van der Waals surface area (Å²) in [6, 6.07) is 0. The van der Waals surface area contributed by atoms with Crippen LogP contribution in [0.3, 0.4) is 0 Å². The number of hydrogen-bond acceptors (Lipinski definition) is 2. The Balaban J connectivity index is 0. The zero-order chi connectivity index (χ0) is 11.4. The number of hydrogen-bond donors (Lipinski definition) is 0. The molecule has 0 unspecified atom stereocenters. The Kier molecular flexibility index (Phi) is 15.1. The average molecular weight is 202 g/mol. The minimum atomic E-state index is 1.23. The molecule has 0 aromatic rings. The van der Waals surface area contributed by atoms with E-state index in [1.165, 1.54) is 38.8 Å². The third kappa shape index (κ3) is 22.7. The van der Waals surface area contributed by atoms with Gasteiger partial charge in [0.05, 0.1) is 0 Å². The molecule has 0 aromatic heterocycles. The molecule has 0 N–H and O–H groups in total. The molecule has 2 heteroatoms. The maximum absolute atomic E-state index is 2.21. The molecular weight excluding hydrogens is 172 g/mol. The first-order chi connectivity index (χ1) is 6.54. The molecule has 0 aliphatic carbocycles. The van der Waals surface area contributed by atoms with Crippen LogP contribution >= 0.6 is 0 Å². The SMILES string of the molecule is CCCCN(C)C.CCCCN(C)C. The fourth-order valence-corrected chi connectivity index (χ4v) is 0.949. The Morgan fingerprint density at radius 1 is 0.643 bits per heavy atom. The first-order valence-electron chi connectivity index (χ1n) is 5.84. The molecule has 0 spiro atoms. The van der Waals surface area contributed by atoms with E-state index in [4.69, 9.17) is 0 Å². The maximum atomic E-state index is 2.21. The Labute approximate surface area is 91.3 Å². The van der Waals surface area contributed by atoms with Crippen molar-refractivity contribution in [3.8, 4) is 0 Å². The lowest BCUT2D eigenvalue weighted by Crippen LogP contribution is -2.12. The topological polar surface area (TPSA) is 6.48 Å². The van der Waals surface area contributed by atoms with E-state index in [1.54, 1.807) is 0 Å². The van der Waals surface area contributed by atoms with E-state index in [2.05, 4.69) is 51.8 Å². The summed E-state index contributed by atoms with van der Waals surface area (Å²) in [6.45, 7) is 6.89. The second-order valence-corrected chi connectivity index (χ2v) is 4.31. The van der Waals surface area contributed by atoms with E-state index in [9.17, 15) is 0 Å². The lowest BCUT2D eigenvalue weighted by molar-refractivity contribution is 0.398. The summed E-state index contributed by atoms with van der Waals surface area (Å²) in [5, 5.41) is 0. The van der Waals surface area contributed by atoms with E-state index in [0.717, 1.165) is 0 Å². The molecule has 0 rings (SSSR count). The van der Waals surface area contributed by atoms with Gasteiger partial charge in [0.15, 0.2) is 0 Å². The molecule has 0 radical (unpaired) electrons. The van der Waals surface area contributed by atoms with E-state index in [0.29, 0.717) is 0 Å². The summed E-state index contributed by atoms with van der Waals surface area (Å²) in [5.74, 6) is 0. The molecular formula is C12H30N2. The van der Waals surface area contributed by atoms with Crippen molar-refractivity contribution in [3.05, 3.63) is 0 Å². The molecule has 88 valence electrons. The van der Waals surface area contributed by atoms with Crippen LogP contribution in [0.15, 0.2) is 0 Å². The highest BCUT2D eigenvalue weighted by Crippen LogP contribution is 1.86. The summed E-state index contributed by atoms with van der Waals surface area (Å²) in [7, 11) is 8.43. The van der Waals surface area contributed by atoms with Crippen molar-refractivity contribution in [2.75, 3.05) is 41.3 Å². The van der Waals surface area contributed by atoms with Gasteiger partial charge in [0.2, 0.25) is 0 Å². The van der Waals surface area contributed by atoms with Crippen molar-refractivity contribution >= 4 is 0 Å². The van der Waals surface area contributed by atoms with Crippen molar-refractivity contribution in [2.24, 2.45) is 0 Å². The second kappa shape index (κ2) is 12.9. The smallest absolute Gasteiger partial charge is 0.00249 e. The molecule has 0 aromatic carbocycles. The second-order valence-electron chi connectivity index (χ2n) is 4.31. The van der Waals surface area contributed by atoms with Crippen LogP contribution in [0.25, 0.3) is 0 Å². The van der Waals surface area contributed by atoms with Gasteiger partial charge in [0, 0.05) is 0 Å². The highest BCUT2D eigenvalue weighted by Gasteiger charge is 1.84. The summed E-state index contributed by atoms with van der Waals surface area (Å²) in [5.41, 5.74) is 0. The van der Waals surface area contributed by atoms with Crippen LogP contribution < -0.4 is 0 Å². The summed E-state index contributed by atoms with van der Waals surface area (Å²) >= 11 is 0. The number of unbranched alkanes of at least 4 members (excludes halogenated alkanes) is 2. The van der Waals surface area contributed by atoms with Crippen LogP contribution in [0.1, 0.15) is 39.5 Å². The molecule has 0 fully saturated rings. The molecule has 0 aliphatic rings. The highest BCUT2D eigenvalue weighted by molar-refractivity contribution is 4.40. The Morgan fingerprint density at radius 2 is 0.929 bits per heavy atom. The predicted molar refractivity (Wildman–Crippen MR) is 66.9 cm³/mol. The predicted octanol–water partition coefficient (Wildman–Crippen LogP) is 2.70. The van der Waals surface area contributed by atoms with Crippen molar-refractivity contribution in [3.63, 3.8) is 0 Å². The van der Waals surface area contributed by atoms with Gasteiger partial charge in [0.1, 0.15) is 0 Å². The van der Waals surface area contributed by atoms with Crippen LogP contribution in [0.4, 0.5) is 0 Å². The molecule has 0 heterocycles. The normalized spacial score (nSPS) is 10.3. The van der Waals surface area contributed by atoms with Gasteiger partial charge >= 0.3 is 0 Å². The van der Waals surface area contributed by atoms with Gasteiger partial charge in [-0.05, 0) is 54.1 Å². The number of nitrogens with zero attached hydrogens (tertiary/aromatic N) is 2. The fourth-order valence-electron chi connectivity index (χ4n) is 0.949. The van der Waals surface area contributed by atoms with Gasteiger partial charge in [-0.15, -0.1) is 0 Å². The Bertz CT molecular complexity index is 78.3. The van der Waals surface area contributed by atoms with E-state index >= 15 is 0 Å². The van der Waals surface area contributed by atoms with Crippen LogP contribution in [-0.2, 0) is 0 Å². The monoisotopic (exact) mass is 202 g/mol. The largest absolute Gasteiger partial charge is 0.309 e. The third-order valence-corrected chi connectivity index (χ3v) is 1.92. The maximum Gasteiger partial charge on any atom is -0.00249 e. The van der Waals surface area contributed by atoms with Crippen molar-refractivity contribution in [1.29, 1.82) is 0 Å². The molecule has 0 bridgehead atoms. The van der Waals surface area contributed by atoms with Gasteiger partial charge in [-0.1, -0.05) is 26.7 Å². The summed E-state index contributed by atoms with van der Waals surface area (Å²) < 4.78 is 0. The minimum absolute atomic E-state index is 1.23. The van der Waals surface area contributed by atoms with Gasteiger partial charge < -0.3 is 9.80 Å². The van der Waals surface area contributed by atoms with Gasteiger partial charge in [-0.3, -0.25) is 0 Å². The molecule has 0 saturated carbocycles. The van der Waals surface area contributed by atoms with Crippen molar-refractivity contribution in [1.82, 2.24) is 9.80 Å². The Morgan fingerprint density at radius 3 is 1.00 bits per heavy atom. The lowest BCUT2D eigenvalue weighted by Gasteiger charge is -2.05. The van der Waals surface area contributed by atoms with Gasteiger partial charge in [-0.25, -0.2) is 0 Å². The lowest BCUT2D eigenvalue weighted by atomic mass is 10.3. The standard InChI is InChI=1S/2C6H15N/c2*1-4-5-6-7(2)3/h2*4-6H2,1-3H3. The number of rotatable bonds is 6. The average Bonchev–Trinajstić information content (AvgIpc) is 2.12. The van der Waals surface area contributed by atoms with Crippen LogP contribution in [0.5, 0.6) is 0 Å². The van der Waals surface area contributed by atoms with Gasteiger partial charge in [-0.2, -0.15) is 0 Å². The van der Waals surface area contributed by atoms with Gasteiger partial charge in [0.25, 0.3) is 0 Å². The summed E-state index contributed by atoms with van der Waals surface area (Å²) in [6.07, 6.45) is 5.26. The third-order valence-electron chi connectivity index (χ3n) is 1.92. The van der Waals surface area contributed by atoms with E-state index in [-0.39, 0.29) is 0 Å². The molecule has 2 nitrogen and oxygen atoms in total. The van der Waals surface area contributed by atoms with E-state index < -0.39 is 0 Å². The van der Waals surface area contributed by atoms with Crippen LogP contribution in [-0.4, -0.2) is 51.1 Å².